The largest absolute Gasteiger partial charge is 0.380 e. The van der Waals surface area contributed by atoms with Crippen LogP contribution in [0.15, 0.2) is 30.6 Å². The maximum atomic E-state index is 15.1. The van der Waals surface area contributed by atoms with Crippen LogP contribution in [-0.2, 0) is 9.47 Å². The molecule has 0 amide bonds. The van der Waals surface area contributed by atoms with Gasteiger partial charge in [0.2, 0.25) is 5.95 Å². The highest BCUT2D eigenvalue weighted by Gasteiger charge is 2.32. The van der Waals surface area contributed by atoms with Gasteiger partial charge < -0.3 is 19.3 Å². The van der Waals surface area contributed by atoms with Gasteiger partial charge in [-0.3, -0.25) is 4.68 Å². The van der Waals surface area contributed by atoms with Crippen LogP contribution in [0.4, 0.5) is 19.9 Å². The molecule has 2 aliphatic heterocycles. The second-order valence-corrected chi connectivity index (χ2v) is 11.5. The van der Waals surface area contributed by atoms with Gasteiger partial charge in [0.05, 0.1) is 36.7 Å². The number of thiazole rings is 1. The predicted molar refractivity (Wildman–Crippen MR) is 144 cm³/mol. The van der Waals surface area contributed by atoms with Gasteiger partial charge >= 0.3 is 0 Å². The Kier molecular flexibility index (Phi) is 6.20. The Hall–Kier alpha value is -3.22. The molecule has 2 saturated heterocycles. The van der Waals surface area contributed by atoms with Crippen LogP contribution in [0.3, 0.4) is 0 Å². The summed E-state index contributed by atoms with van der Waals surface area (Å²) in [5.41, 5.74) is 2.15. The number of aromatic nitrogens is 5. The molecule has 0 spiro atoms. The molecule has 3 aromatic heterocycles. The Morgan fingerprint density at radius 3 is 2.69 bits per heavy atom. The molecule has 1 aromatic carbocycles. The Balaban J connectivity index is 1.28. The Morgan fingerprint density at radius 1 is 1.05 bits per heavy atom. The first-order valence-corrected chi connectivity index (χ1v) is 14.1. The van der Waals surface area contributed by atoms with E-state index >= 15 is 4.39 Å². The molecular formula is C27H29F2N7O2S. The second kappa shape index (κ2) is 9.76. The topological polar surface area (TPSA) is 81.4 Å². The molecular weight excluding hydrogens is 524 g/mol. The first-order chi connectivity index (χ1) is 18.9. The van der Waals surface area contributed by atoms with Crippen LogP contribution in [0.25, 0.3) is 21.6 Å². The maximum Gasteiger partial charge on any atom is 0.228 e. The van der Waals surface area contributed by atoms with Crippen molar-refractivity contribution in [3.8, 4) is 11.3 Å². The van der Waals surface area contributed by atoms with Gasteiger partial charge in [0.15, 0.2) is 10.8 Å². The monoisotopic (exact) mass is 553 g/mol. The van der Waals surface area contributed by atoms with E-state index < -0.39 is 11.6 Å². The van der Waals surface area contributed by atoms with E-state index in [4.69, 9.17) is 24.4 Å². The SMILES string of the molecule is CO[C@@H]1CCN(c2nc3nc(N4C[C@@H](C)O[C@@H](c5cnn(C6CC6)c5)C4)nc(-c4ccc(F)cc4F)c3s2)C1. The van der Waals surface area contributed by atoms with Crippen molar-refractivity contribution in [3.63, 3.8) is 0 Å². The third-order valence-corrected chi connectivity index (χ3v) is 8.74. The molecule has 12 heteroatoms. The minimum absolute atomic E-state index is 0.0834. The maximum absolute atomic E-state index is 15.1. The molecule has 5 heterocycles. The van der Waals surface area contributed by atoms with Gasteiger partial charge in [0, 0.05) is 50.1 Å². The van der Waals surface area contributed by atoms with Gasteiger partial charge in [0.25, 0.3) is 0 Å². The fourth-order valence-corrected chi connectivity index (χ4v) is 6.44. The molecule has 3 aliphatic rings. The highest BCUT2D eigenvalue weighted by Crippen LogP contribution is 2.39. The van der Waals surface area contributed by atoms with Crippen LogP contribution in [0.2, 0.25) is 0 Å². The number of ether oxygens (including phenoxy) is 2. The number of nitrogens with zero attached hydrogens (tertiary/aromatic N) is 7. The lowest BCUT2D eigenvalue weighted by molar-refractivity contribution is -0.0178. The smallest absolute Gasteiger partial charge is 0.228 e. The van der Waals surface area contributed by atoms with Crippen LogP contribution in [0.5, 0.6) is 0 Å². The second-order valence-electron chi connectivity index (χ2n) is 10.6. The first kappa shape index (κ1) is 24.8. The van der Waals surface area contributed by atoms with Crippen molar-refractivity contribution in [2.45, 2.75) is 50.5 Å². The molecule has 0 bridgehead atoms. The van der Waals surface area contributed by atoms with Crippen LogP contribution in [0, 0.1) is 11.6 Å². The van der Waals surface area contributed by atoms with Crippen LogP contribution >= 0.6 is 11.3 Å². The molecule has 0 unspecified atom stereocenters. The van der Waals surface area contributed by atoms with Gasteiger partial charge in [-0.05, 0) is 38.3 Å². The van der Waals surface area contributed by atoms with Gasteiger partial charge in [0.1, 0.15) is 22.4 Å². The number of halogens is 2. The summed E-state index contributed by atoms with van der Waals surface area (Å²) < 4.78 is 43.4. The number of morpholine rings is 1. The quantitative estimate of drug-likeness (QED) is 0.338. The van der Waals surface area contributed by atoms with Gasteiger partial charge in [-0.15, -0.1) is 0 Å². The van der Waals surface area contributed by atoms with E-state index in [9.17, 15) is 4.39 Å². The van der Waals surface area contributed by atoms with Crippen molar-refractivity contribution in [3.05, 3.63) is 47.8 Å². The molecule has 0 N–H and O–H groups in total. The molecule has 1 aliphatic carbocycles. The van der Waals surface area contributed by atoms with Crippen LogP contribution in [-0.4, -0.2) is 70.2 Å². The summed E-state index contributed by atoms with van der Waals surface area (Å²) in [6.45, 7) is 4.66. The van der Waals surface area contributed by atoms with Crippen molar-refractivity contribution in [2.24, 2.45) is 0 Å². The average molecular weight is 554 g/mol. The van der Waals surface area contributed by atoms with Crippen molar-refractivity contribution >= 4 is 32.8 Å². The minimum Gasteiger partial charge on any atom is -0.380 e. The van der Waals surface area contributed by atoms with E-state index in [0.717, 1.165) is 49.1 Å². The van der Waals surface area contributed by atoms with Crippen molar-refractivity contribution < 1.29 is 18.3 Å². The fraction of sp³-hybridized carbons (Fsp3) is 0.481. The number of methoxy groups -OCH3 is 1. The van der Waals surface area contributed by atoms with Crippen molar-refractivity contribution in [1.82, 2.24) is 24.7 Å². The van der Waals surface area contributed by atoms with E-state index in [1.807, 2.05) is 17.8 Å². The summed E-state index contributed by atoms with van der Waals surface area (Å²) in [5.74, 6) is -0.854. The number of rotatable bonds is 6. The third kappa shape index (κ3) is 4.74. The van der Waals surface area contributed by atoms with Crippen LogP contribution in [0.1, 0.15) is 43.9 Å². The summed E-state index contributed by atoms with van der Waals surface area (Å²) in [6.07, 6.45) is 7.02. The summed E-state index contributed by atoms with van der Waals surface area (Å²) >= 11 is 1.43. The van der Waals surface area contributed by atoms with Crippen molar-refractivity contribution in [1.29, 1.82) is 0 Å². The summed E-state index contributed by atoms with van der Waals surface area (Å²) in [4.78, 5) is 18.8. The number of anilines is 2. The number of fused-ring (bicyclic) bond motifs is 1. The molecule has 39 heavy (non-hydrogen) atoms. The summed E-state index contributed by atoms with van der Waals surface area (Å²) in [7, 11) is 1.72. The molecule has 9 nitrogen and oxygen atoms in total. The van der Waals surface area contributed by atoms with E-state index in [2.05, 4.69) is 21.1 Å². The van der Waals surface area contributed by atoms with Gasteiger partial charge in [-0.1, -0.05) is 11.3 Å². The predicted octanol–water partition coefficient (Wildman–Crippen LogP) is 4.75. The Morgan fingerprint density at radius 2 is 1.92 bits per heavy atom. The molecule has 3 atom stereocenters. The Bertz CT molecular complexity index is 1520. The molecule has 1 saturated carbocycles. The number of hydrogen-bond acceptors (Lipinski definition) is 9. The van der Waals surface area contributed by atoms with Gasteiger partial charge in [-0.2, -0.15) is 15.1 Å². The highest BCUT2D eigenvalue weighted by molar-refractivity contribution is 7.22. The molecule has 204 valence electrons. The number of hydrogen-bond donors (Lipinski definition) is 0. The van der Waals surface area contributed by atoms with Gasteiger partial charge in [-0.25, -0.2) is 13.8 Å². The molecule has 4 aromatic rings. The van der Waals surface area contributed by atoms with E-state index in [-0.39, 0.29) is 23.9 Å². The lowest BCUT2D eigenvalue weighted by Gasteiger charge is -2.36. The number of benzene rings is 1. The van der Waals surface area contributed by atoms with E-state index in [0.29, 0.717) is 41.1 Å². The lowest BCUT2D eigenvalue weighted by atomic mass is 10.1. The third-order valence-electron chi connectivity index (χ3n) is 7.62. The lowest BCUT2D eigenvalue weighted by Crippen LogP contribution is -2.43. The molecule has 3 fully saturated rings. The highest BCUT2D eigenvalue weighted by atomic mass is 32.1. The zero-order valence-corrected chi connectivity index (χ0v) is 22.6. The Labute approximate surface area is 228 Å². The fourth-order valence-electron chi connectivity index (χ4n) is 5.39. The average Bonchev–Trinajstić information content (AvgIpc) is 3.31. The molecule has 0 radical (unpaired) electrons. The standard InChI is InChI=1S/C27H29F2N7O2S/c1-15-11-35(14-22(38-15)16-10-30-36(12-16)18-4-5-18)26-31-23(20-6-3-17(28)9-21(20)29)24-25(32-26)33-27(39-24)34-8-7-19(13-34)37-2/h3,6,9-10,12,15,18-19,22H,4-5,7-8,11,13-14H2,1-2H3/t15-,19-,22-/m1/s1. The summed E-state index contributed by atoms with van der Waals surface area (Å²) in [5, 5.41) is 5.32. The van der Waals surface area contributed by atoms with E-state index in [1.165, 1.54) is 23.5 Å². The minimum atomic E-state index is -0.669. The zero-order valence-electron chi connectivity index (χ0n) is 21.8. The summed E-state index contributed by atoms with van der Waals surface area (Å²) in [6, 6.07) is 4.06. The normalized spacial score (nSPS) is 23.7. The van der Waals surface area contributed by atoms with Crippen LogP contribution < -0.4 is 9.80 Å². The molecule has 7 rings (SSSR count). The van der Waals surface area contributed by atoms with E-state index in [1.54, 1.807) is 7.11 Å². The van der Waals surface area contributed by atoms with Crippen molar-refractivity contribution in [2.75, 3.05) is 43.1 Å². The zero-order chi connectivity index (χ0) is 26.7. The first-order valence-electron chi connectivity index (χ1n) is 13.3.